The Hall–Kier alpha value is -1.55. The molecule has 0 aliphatic carbocycles. The van der Waals surface area contributed by atoms with E-state index >= 15 is 0 Å². The summed E-state index contributed by atoms with van der Waals surface area (Å²) >= 11 is 5.78. The summed E-state index contributed by atoms with van der Waals surface area (Å²) in [6, 6.07) is 5.18. The van der Waals surface area contributed by atoms with Crippen LogP contribution in [0.25, 0.3) is 10.9 Å². The van der Waals surface area contributed by atoms with Crippen LogP contribution in [0, 0.1) is 0 Å². The molecule has 14 heavy (non-hydrogen) atoms. The van der Waals surface area contributed by atoms with E-state index in [-0.39, 0.29) is 5.88 Å². The fraction of sp³-hybridized carbons (Fsp3) is 0.111. The smallest absolute Gasteiger partial charge is 0.309 e. The molecule has 2 rings (SSSR count). The first-order valence-electron chi connectivity index (χ1n) is 3.99. The number of nitrogens with one attached hydrogen (secondary N) is 1. The minimum atomic E-state index is -0.395. The van der Waals surface area contributed by atoms with Gasteiger partial charge < -0.3 is 4.74 Å². The van der Waals surface area contributed by atoms with Crippen molar-refractivity contribution >= 4 is 28.5 Å². The number of ether oxygens (including phenoxy) is 1. The molecule has 0 amide bonds. The summed E-state index contributed by atoms with van der Waals surface area (Å²) in [5.41, 5.74) is 0.744. The highest BCUT2D eigenvalue weighted by Gasteiger charge is 2.08. The lowest BCUT2D eigenvalue weighted by molar-refractivity contribution is -0.132. The van der Waals surface area contributed by atoms with Crippen molar-refractivity contribution < 1.29 is 9.53 Å². The number of carbonyl (C=O) groups is 1. The summed E-state index contributed by atoms with van der Waals surface area (Å²) in [6.07, 6.45) is 0. The zero-order valence-electron chi connectivity index (χ0n) is 7.37. The Bertz CT molecular complexity index is 493. The summed E-state index contributed by atoms with van der Waals surface area (Å²) in [6.45, 7) is 1.33. The minimum Gasteiger partial charge on any atom is -0.405 e. The van der Waals surface area contributed by atoms with Gasteiger partial charge in [0.25, 0.3) is 0 Å². The molecular formula is C9H7ClN2O2. The largest absolute Gasteiger partial charge is 0.405 e. The molecule has 0 aliphatic rings. The van der Waals surface area contributed by atoms with Crippen molar-refractivity contribution in [3.63, 3.8) is 0 Å². The van der Waals surface area contributed by atoms with Crippen molar-refractivity contribution in [3.05, 3.63) is 23.2 Å². The van der Waals surface area contributed by atoms with Gasteiger partial charge in [0.1, 0.15) is 0 Å². The molecule has 0 bridgehead atoms. The Morgan fingerprint density at radius 1 is 1.57 bits per heavy atom. The van der Waals surface area contributed by atoms with Gasteiger partial charge in [-0.25, -0.2) is 0 Å². The number of fused-ring (bicyclic) bond motifs is 1. The average Bonchev–Trinajstić information content (AvgIpc) is 2.47. The quantitative estimate of drug-likeness (QED) is 0.734. The van der Waals surface area contributed by atoms with Crippen LogP contribution in [-0.4, -0.2) is 16.2 Å². The highest BCUT2D eigenvalue weighted by molar-refractivity contribution is 6.31. The first kappa shape index (κ1) is 9.02. The number of benzene rings is 1. The maximum absolute atomic E-state index is 10.7. The highest BCUT2D eigenvalue weighted by Crippen LogP contribution is 2.24. The van der Waals surface area contributed by atoms with E-state index in [1.165, 1.54) is 6.92 Å². The van der Waals surface area contributed by atoms with E-state index in [2.05, 4.69) is 10.2 Å². The van der Waals surface area contributed by atoms with E-state index in [1.807, 2.05) is 0 Å². The van der Waals surface area contributed by atoms with Crippen molar-refractivity contribution in [1.29, 1.82) is 0 Å². The van der Waals surface area contributed by atoms with Gasteiger partial charge >= 0.3 is 5.97 Å². The molecule has 0 radical (unpaired) electrons. The number of aromatic amines is 1. The molecule has 2 aromatic rings. The normalized spacial score (nSPS) is 10.4. The topological polar surface area (TPSA) is 55.0 Å². The Morgan fingerprint density at radius 2 is 2.36 bits per heavy atom. The van der Waals surface area contributed by atoms with E-state index in [9.17, 15) is 4.79 Å². The van der Waals surface area contributed by atoms with Crippen LogP contribution in [0.4, 0.5) is 0 Å². The number of nitrogens with zero attached hydrogens (tertiary/aromatic N) is 1. The van der Waals surface area contributed by atoms with Gasteiger partial charge in [-0.1, -0.05) is 11.6 Å². The van der Waals surface area contributed by atoms with Gasteiger partial charge in [0, 0.05) is 11.9 Å². The van der Waals surface area contributed by atoms with Gasteiger partial charge in [-0.2, -0.15) is 0 Å². The van der Waals surface area contributed by atoms with Crippen LogP contribution in [0.5, 0.6) is 5.88 Å². The number of hydrogen-bond acceptors (Lipinski definition) is 3. The number of H-pyrrole nitrogens is 1. The summed E-state index contributed by atoms with van der Waals surface area (Å²) in [5, 5.41) is 7.92. The average molecular weight is 211 g/mol. The van der Waals surface area contributed by atoms with Gasteiger partial charge in [0.2, 0.25) is 5.88 Å². The third kappa shape index (κ3) is 1.56. The van der Waals surface area contributed by atoms with E-state index in [0.29, 0.717) is 5.02 Å². The van der Waals surface area contributed by atoms with Crippen molar-refractivity contribution in [2.75, 3.05) is 0 Å². The molecule has 0 saturated carbocycles. The standard InChI is InChI=1S/C9H7ClN2O2/c1-5(13)14-9-7-3-2-6(10)4-8(7)11-12-9/h2-4H,1H3,(H,11,12). The third-order valence-corrected chi connectivity index (χ3v) is 1.97. The molecule has 1 aromatic carbocycles. The molecule has 4 nitrogen and oxygen atoms in total. The summed E-state index contributed by atoms with van der Waals surface area (Å²) < 4.78 is 4.88. The molecule has 0 saturated heterocycles. The zero-order valence-corrected chi connectivity index (χ0v) is 8.13. The third-order valence-electron chi connectivity index (χ3n) is 1.73. The van der Waals surface area contributed by atoms with E-state index in [0.717, 1.165) is 10.9 Å². The van der Waals surface area contributed by atoms with E-state index in [1.54, 1.807) is 18.2 Å². The summed E-state index contributed by atoms with van der Waals surface area (Å²) in [4.78, 5) is 10.7. The van der Waals surface area contributed by atoms with Gasteiger partial charge in [-0.05, 0) is 18.2 Å². The fourth-order valence-corrected chi connectivity index (χ4v) is 1.35. The maximum Gasteiger partial charge on any atom is 0.309 e. The molecule has 0 unspecified atom stereocenters. The van der Waals surface area contributed by atoms with Crippen molar-refractivity contribution in [2.45, 2.75) is 6.92 Å². The van der Waals surface area contributed by atoms with Gasteiger partial charge in [-0.3, -0.25) is 9.89 Å². The monoisotopic (exact) mass is 210 g/mol. The first-order valence-corrected chi connectivity index (χ1v) is 4.36. The molecule has 0 fully saturated rings. The fourth-order valence-electron chi connectivity index (χ4n) is 1.18. The lowest BCUT2D eigenvalue weighted by Crippen LogP contribution is -2.01. The SMILES string of the molecule is CC(=O)Oc1n[nH]c2cc(Cl)ccc12. The van der Waals surface area contributed by atoms with Crippen LogP contribution < -0.4 is 4.74 Å². The lowest BCUT2D eigenvalue weighted by atomic mass is 10.2. The molecule has 5 heteroatoms. The summed E-state index contributed by atoms with van der Waals surface area (Å²) in [5.74, 6) is -0.113. The van der Waals surface area contributed by atoms with Gasteiger partial charge in [-0.15, -0.1) is 5.10 Å². The number of esters is 1. The zero-order chi connectivity index (χ0) is 10.1. The molecule has 0 aliphatic heterocycles. The van der Waals surface area contributed by atoms with Crippen molar-refractivity contribution in [1.82, 2.24) is 10.2 Å². The molecule has 1 N–H and O–H groups in total. The maximum atomic E-state index is 10.7. The first-order chi connectivity index (χ1) is 6.66. The lowest BCUT2D eigenvalue weighted by Gasteiger charge is -1.95. The Kier molecular flexibility index (Phi) is 2.13. The van der Waals surface area contributed by atoms with Crippen LogP contribution >= 0.6 is 11.6 Å². The van der Waals surface area contributed by atoms with Crippen LogP contribution in [0.2, 0.25) is 5.02 Å². The highest BCUT2D eigenvalue weighted by atomic mass is 35.5. The van der Waals surface area contributed by atoms with Crippen molar-refractivity contribution in [3.8, 4) is 5.88 Å². The number of hydrogen-bond donors (Lipinski definition) is 1. The second-order valence-corrected chi connectivity index (χ2v) is 3.25. The summed E-state index contributed by atoms with van der Waals surface area (Å²) in [7, 11) is 0. The molecule has 0 spiro atoms. The number of carbonyl (C=O) groups excluding carboxylic acids is 1. The Labute approximate surface area is 84.8 Å². The molecule has 72 valence electrons. The predicted octanol–water partition coefficient (Wildman–Crippen LogP) is 2.14. The molecule has 1 heterocycles. The van der Waals surface area contributed by atoms with E-state index < -0.39 is 5.97 Å². The Morgan fingerprint density at radius 3 is 3.07 bits per heavy atom. The van der Waals surface area contributed by atoms with Crippen LogP contribution in [-0.2, 0) is 4.79 Å². The number of halogens is 1. The molecule has 1 aromatic heterocycles. The van der Waals surface area contributed by atoms with Gasteiger partial charge in [0.05, 0.1) is 10.9 Å². The molecular weight excluding hydrogens is 204 g/mol. The second kappa shape index (κ2) is 3.31. The Balaban J connectivity index is 2.52. The molecule has 0 atom stereocenters. The van der Waals surface area contributed by atoms with Crippen molar-refractivity contribution in [2.24, 2.45) is 0 Å². The van der Waals surface area contributed by atoms with Gasteiger partial charge in [0.15, 0.2) is 0 Å². The predicted molar refractivity (Wildman–Crippen MR) is 52.4 cm³/mol. The number of aromatic nitrogens is 2. The van der Waals surface area contributed by atoms with Crippen LogP contribution in [0.1, 0.15) is 6.92 Å². The number of rotatable bonds is 1. The van der Waals surface area contributed by atoms with E-state index in [4.69, 9.17) is 16.3 Å². The second-order valence-electron chi connectivity index (χ2n) is 2.81. The van der Waals surface area contributed by atoms with Crippen LogP contribution in [0.3, 0.4) is 0 Å². The minimum absolute atomic E-state index is 0.282. The van der Waals surface area contributed by atoms with Crippen LogP contribution in [0.15, 0.2) is 18.2 Å².